The van der Waals surface area contributed by atoms with E-state index in [2.05, 4.69) is 11.2 Å². The predicted molar refractivity (Wildman–Crippen MR) is 91.6 cm³/mol. The van der Waals surface area contributed by atoms with Crippen molar-refractivity contribution in [3.63, 3.8) is 0 Å². The molecule has 0 amide bonds. The van der Waals surface area contributed by atoms with Crippen LogP contribution in [0.25, 0.3) is 27.0 Å². The van der Waals surface area contributed by atoms with E-state index in [0.717, 1.165) is 26.3 Å². The topological polar surface area (TPSA) is 34.9 Å². The normalized spacial score (nSPS) is 11.4. The molecule has 2 aliphatic rings. The van der Waals surface area contributed by atoms with Crippen molar-refractivity contribution in [2.75, 3.05) is 0 Å². The highest BCUT2D eigenvalue weighted by Gasteiger charge is 2.21. The standard InChI is InChI=1S/C17H11ClN2OS/c1-10-15-16(13-4-2-3-5-14(13)22-10)19-20(17(15)21)12-8-6-11(18)7-9-12/h2-9H,1H3. The van der Waals surface area contributed by atoms with Gasteiger partial charge in [-0.05, 0) is 37.3 Å². The van der Waals surface area contributed by atoms with Crippen LogP contribution in [0.4, 0.5) is 0 Å². The molecule has 0 bridgehead atoms. The Morgan fingerprint density at radius 2 is 1.82 bits per heavy atom. The zero-order chi connectivity index (χ0) is 15.3. The fourth-order valence-corrected chi connectivity index (χ4v) is 3.80. The number of benzene rings is 2. The highest BCUT2D eigenvalue weighted by Crippen LogP contribution is 2.34. The summed E-state index contributed by atoms with van der Waals surface area (Å²) in [5, 5.41) is 6.22. The summed E-state index contributed by atoms with van der Waals surface area (Å²) >= 11 is 7.54. The van der Waals surface area contributed by atoms with Crippen molar-refractivity contribution in [3.8, 4) is 16.9 Å². The minimum absolute atomic E-state index is 0.0863. The Labute approximate surface area is 135 Å². The highest BCUT2D eigenvalue weighted by molar-refractivity contribution is 7.18. The number of halogens is 1. The number of aromatic nitrogens is 2. The van der Waals surface area contributed by atoms with Crippen LogP contribution in [0.15, 0.2) is 53.3 Å². The molecule has 0 N–H and O–H groups in total. The summed E-state index contributed by atoms with van der Waals surface area (Å²) in [5.41, 5.74) is 2.08. The lowest BCUT2D eigenvalue weighted by molar-refractivity contribution is 0.859. The van der Waals surface area contributed by atoms with Crippen LogP contribution in [0.1, 0.15) is 4.88 Å². The Hall–Kier alpha value is -2.17. The van der Waals surface area contributed by atoms with Gasteiger partial charge in [0.1, 0.15) is 5.69 Å². The summed E-state index contributed by atoms with van der Waals surface area (Å²) in [5.74, 6) is 0. The molecule has 3 nitrogen and oxygen atoms in total. The van der Waals surface area contributed by atoms with Crippen LogP contribution in [0, 0.1) is 6.92 Å². The average molecular weight is 327 g/mol. The van der Waals surface area contributed by atoms with Gasteiger partial charge in [0.05, 0.1) is 11.3 Å². The third-order valence-electron chi connectivity index (χ3n) is 3.67. The van der Waals surface area contributed by atoms with Crippen molar-refractivity contribution in [2.45, 2.75) is 6.92 Å². The van der Waals surface area contributed by atoms with Crippen LogP contribution < -0.4 is 5.56 Å². The first-order chi connectivity index (χ1) is 10.6. The van der Waals surface area contributed by atoms with Crippen LogP contribution >= 0.6 is 22.9 Å². The molecule has 0 aromatic heterocycles. The lowest BCUT2D eigenvalue weighted by Crippen LogP contribution is -2.14. The van der Waals surface area contributed by atoms with Crippen LogP contribution in [0.2, 0.25) is 5.02 Å². The third-order valence-corrected chi connectivity index (χ3v) is 5.01. The molecule has 0 saturated heterocycles. The van der Waals surface area contributed by atoms with Gasteiger partial charge in [-0.3, -0.25) is 4.79 Å². The lowest BCUT2D eigenvalue weighted by Gasteiger charge is -2.03. The van der Waals surface area contributed by atoms with Crippen molar-refractivity contribution in [1.82, 2.24) is 9.78 Å². The Balaban J connectivity index is 2.10. The van der Waals surface area contributed by atoms with Gasteiger partial charge in [0.15, 0.2) is 0 Å². The fraction of sp³-hybridized carbons (Fsp3) is 0.0588. The summed E-state index contributed by atoms with van der Waals surface area (Å²) in [6, 6.07) is 15.2. The van der Waals surface area contributed by atoms with Gasteiger partial charge in [0.25, 0.3) is 5.56 Å². The minimum atomic E-state index is -0.0863. The fourth-order valence-electron chi connectivity index (χ4n) is 2.63. The van der Waals surface area contributed by atoms with E-state index in [4.69, 9.17) is 11.6 Å². The van der Waals surface area contributed by atoms with E-state index < -0.39 is 0 Å². The maximum Gasteiger partial charge on any atom is 0.282 e. The number of aryl methyl sites for hydroxylation is 1. The van der Waals surface area contributed by atoms with Crippen molar-refractivity contribution in [1.29, 1.82) is 0 Å². The van der Waals surface area contributed by atoms with Gasteiger partial charge in [0, 0.05) is 20.0 Å². The van der Waals surface area contributed by atoms with E-state index in [1.807, 2.05) is 25.1 Å². The molecule has 0 atom stereocenters. The second-order valence-electron chi connectivity index (χ2n) is 5.07. The molecule has 22 heavy (non-hydrogen) atoms. The molecule has 0 unspecified atom stereocenters. The summed E-state index contributed by atoms with van der Waals surface area (Å²) in [6.07, 6.45) is 0. The van der Waals surface area contributed by atoms with Gasteiger partial charge in [-0.1, -0.05) is 29.8 Å². The lowest BCUT2D eigenvalue weighted by atomic mass is 10.1. The van der Waals surface area contributed by atoms with Crippen LogP contribution in [0.3, 0.4) is 0 Å². The van der Waals surface area contributed by atoms with Gasteiger partial charge < -0.3 is 0 Å². The predicted octanol–water partition coefficient (Wildman–Crippen LogP) is 4.51. The molecule has 0 fully saturated rings. The number of nitrogens with zero attached hydrogens (tertiary/aromatic N) is 2. The molecule has 4 rings (SSSR count). The molecule has 0 aliphatic carbocycles. The second-order valence-corrected chi connectivity index (χ2v) is 6.76. The summed E-state index contributed by atoms with van der Waals surface area (Å²) in [4.78, 5) is 13.7. The van der Waals surface area contributed by atoms with E-state index >= 15 is 0 Å². The molecule has 5 heteroatoms. The molecule has 108 valence electrons. The van der Waals surface area contributed by atoms with E-state index in [1.165, 1.54) is 4.68 Å². The monoisotopic (exact) mass is 326 g/mol. The van der Waals surface area contributed by atoms with Gasteiger partial charge >= 0.3 is 0 Å². The molecule has 2 aliphatic heterocycles. The number of fused-ring (bicyclic) bond motifs is 3. The second kappa shape index (κ2) is 4.93. The quantitative estimate of drug-likeness (QED) is 0.515. The largest absolute Gasteiger partial charge is 0.282 e. The summed E-state index contributed by atoms with van der Waals surface area (Å²) in [6.45, 7) is 1.97. The van der Waals surface area contributed by atoms with Crippen molar-refractivity contribution < 1.29 is 0 Å². The average Bonchev–Trinajstić information content (AvgIpc) is 2.87. The Morgan fingerprint density at radius 1 is 1.09 bits per heavy atom. The van der Waals surface area contributed by atoms with Crippen LogP contribution in [0.5, 0.6) is 0 Å². The summed E-state index contributed by atoms with van der Waals surface area (Å²) < 4.78 is 2.58. The zero-order valence-corrected chi connectivity index (χ0v) is 13.3. The molecule has 2 heterocycles. The molecule has 0 radical (unpaired) electrons. The van der Waals surface area contributed by atoms with Crippen molar-refractivity contribution >= 4 is 33.0 Å². The van der Waals surface area contributed by atoms with Crippen LogP contribution in [-0.2, 0) is 0 Å². The first-order valence-corrected chi connectivity index (χ1v) is 8.02. The first kappa shape index (κ1) is 13.5. The van der Waals surface area contributed by atoms with Gasteiger partial charge in [-0.2, -0.15) is 9.78 Å². The van der Waals surface area contributed by atoms with Gasteiger partial charge in [-0.15, -0.1) is 11.3 Å². The van der Waals surface area contributed by atoms with Gasteiger partial charge in [-0.25, -0.2) is 0 Å². The molecule has 2 aromatic carbocycles. The minimum Gasteiger partial charge on any atom is -0.267 e. The molecule has 0 saturated carbocycles. The van der Waals surface area contributed by atoms with E-state index in [9.17, 15) is 4.79 Å². The number of rotatable bonds is 1. The summed E-state index contributed by atoms with van der Waals surface area (Å²) in [7, 11) is 0. The Kier molecular flexibility index (Phi) is 3.03. The number of hydrogen-bond acceptors (Lipinski definition) is 3. The molecule has 2 aromatic rings. The molecule has 0 spiro atoms. The SMILES string of the molecule is Cc1sc2ccccc2c2nn(-c3ccc(Cl)cc3)c(=O)c1-2. The highest BCUT2D eigenvalue weighted by atomic mass is 35.5. The first-order valence-electron chi connectivity index (χ1n) is 6.82. The van der Waals surface area contributed by atoms with E-state index in [0.29, 0.717) is 10.6 Å². The Bertz CT molecular complexity index is 1020. The number of hydrogen-bond donors (Lipinski definition) is 0. The maximum absolute atomic E-state index is 12.8. The zero-order valence-electron chi connectivity index (χ0n) is 11.7. The van der Waals surface area contributed by atoms with Crippen LogP contribution in [-0.4, -0.2) is 9.78 Å². The van der Waals surface area contributed by atoms with E-state index in [-0.39, 0.29) is 5.56 Å². The maximum atomic E-state index is 12.8. The smallest absolute Gasteiger partial charge is 0.267 e. The van der Waals surface area contributed by atoms with Gasteiger partial charge in [0.2, 0.25) is 0 Å². The molecular weight excluding hydrogens is 316 g/mol. The van der Waals surface area contributed by atoms with Crippen molar-refractivity contribution in [3.05, 3.63) is 68.8 Å². The Morgan fingerprint density at radius 3 is 2.59 bits per heavy atom. The third kappa shape index (κ3) is 1.95. The molecular formula is C17H11ClN2OS. The van der Waals surface area contributed by atoms with E-state index in [1.54, 1.807) is 35.6 Å². The van der Waals surface area contributed by atoms with Crippen molar-refractivity contribution in [2.24, 2.45) is 0 Å².